The van der Waals surface area contributed by atoms with E-state index in [-0.39, 0.29) is 22.5 Å². The monoisotopic (exact) mass is 388 g/mol. The van der Waals surface area contributed by atoms with Crippen LogP contribution in [-0.2, 0) is 4.79 Å². The fourth-order valence-electron chi connectivity index (χ4n) is 2.77. The zero-order valence-electron chi connectivity index (χ0n) is 15.1. The molecule has 1 amide bonds. The maximum Gasteiger partial charge on any atom is 0.337 e. The van der Waals surface area contributed by atoms with Gasteiger partial charge in [0.2, 0.25) is 5.91 Å². The van der Waals surface area contributed by atoms with E-state index in [9.17, 15) is 19.7 Å². The van der Waals surface area contributed by atoms with Gasteiger partial charge in [0.15, 0.2) is 0 Å². The maximum atomic E-state index is 12.2. The maximum absolute atomic E-state index is 12.2. The minimum absolute atomic E-state index is 0.0487. The van der Waals surface area contributed by atoms with Crippen molar-refractivity contribution < 1.29 is 19.6 Å². The molecule has 2 N–H and O–H groups in total. The number of hydrogen-bond donors (Lipinski definition) is 2. The second-order valence-corrected chi connectivity index (χ2v) is 6.07. The van der Waals surface area contributed by atoms with Crippen LogP contribution >= 0.6 is 0 Å². The number of carbonyl (C=O) groups is 2. The van der Waals surface area contributed by atoms with Gasteiger partial charge in [-0.2, -0.15) is 0 Å². The lowest BCUT2D eigenvalue weighted by Gasteiger charge is -2.06. The highest BCUT2D eigenvalue weighted by atomic mass is 16.6. The Bertz CT molecular complexity index is 1110. The number of benzene rings is 3. The van der Waals surface area contributed by atoms with Crippen LogP contribution in [0.2, 0.25) is 0 Å². The Balaban J connectivity index is 1.84. The van der Waals surface area contributed by atoms with Gasteiger partial charge in [-0.15, -0.1) is 0 Å². The zero-order valence-corrected chi connectivity index (χ0v) is 15.1. The van der Waals surface area contributed by atoms with Crippen molar-refractivity contribution >= 4 is 29.3 Å². The molecule has 0 atom stereocenters. The van der Waals surface area contributed by atoms with Crippen LogP contribution in [0.15, 0.2) is 78.9 Å². The first-order valence-electron chi connectivity index (χ1n) is 8.61. The second-order valence-electron chi connectivity index (χ2n) is 6.07. The van der Waals surface area contributed by atoms with E-state index < -0.39 is 16.8 Å². The van der Waals surface area contributed by atoms with Crippen molar-refractivity contribution in [2.45, 2.75) is 0 Å². The summed E-state index contributed by atoms with van der Waals surface area (Å²) in [5.41, 5.74) is 1.75. The number of carbonyl (C=O) groups excluding carboxylic acids is 1. The number of carboxylic acid groups (broad SMARTS) is 1. The minimum atomic E-state index is -1.17. The smallest absolute Gasteiger partial charge is 0.337 e. The molecule has 3 rings (SSSR count). The molecule has 7 nitrogen and oxygen atoms in total. The zero-order chi connectivity index (χ0) is 20.8. The number of aromatic carboxylic acids is 1. The van der Waals surface area contributed by atoms with Gasteiger partial charge in [-0.3, -0.25) is 14.9 Å². The third-order valence-electron chi connectivity index (χ3n) is 4.16. The van der Waals surface area contributed by atoms with Crippen LogP contribution < -0.4 is 5.32 Å². The summed E-state index contributed by atoms with van der Waals surface area (Å²) in [7, 11) is 0. The Morgan fingerprint density at radius 3 is 2.31 bits per heavy atom. The van der Waals surface area contributed by atoms with Gasteiger partial charge >= 0.3 is 5.97 Å². The number of nitrogens with one attached hydrogen (secondary N) is 1. The Labute approximate surface area is 166 Å². The van der Waals surface area contributed by atoms with Crippen molar-refractivity contribution in [1.29, 1.82) is 0 Å². The first-order valence-corrected chi connectivity index (χ1v) is 8.61. The van der Waals surface area contributed by atoms with E-state index in [1.807, 2.05) is 30.3 Å². The molecule has 0 aliphatic rings. The molecule has 0 fully saturated rings. The summed E-state index contributed by atoms with van der Waals surface area (Å²) >= 11 is 0. The van der Waals surface area contributed by atoms with E-state index in [4.69, 9.17) is 5.11 Å². The summed E-state index contributed by atoms with van der Waals surface area (Å²) in [6, 6.07) is 20.0. The van der Waals surface area contributed by atoms with E-state index in [1.165, 1.54) is 24.3 Å². The summed E-state index contributed by atoms with van der Waals surface area (Å²) in [5.74, 6) is -1.77. The Kier molecular flexibility index (Phi) is 5.80. The molecular weight excluding hydrogens is 372 g/mol. The van der Waals surface area contributed by atoms with Crippen molar-refractivity contribution in [2.75, 3.05) is 5.32 Å². The molecule has 0 saturated carbocycles. The average molecular weight is 388 g/mol. The minimum Gasteiger partial charge on any atom is -0.478 e. The topological polar surface area (TPSA) is 110 Å². The van der Waals surface area contributed by atoms with Crippen LogP contribution in [0.1, 0.15) is 15.9 Å². The average Bonchev–Trinajstić information content (AvgIpc) is 2.73. The van der Waals surface area contributed by atoms with Crippen molar-refractivity contribution in [2.24, 2.45) is 0 Å². The van der Waals surface area contributed by atoms with Gasteiger partial charge in [-0.1, -0.05) is 48.5 Å². The highest BCUT2D eigenvalue weighted by molar-refractivity contribution is 6.06. The Morgan fingerprint density at radius 2 is 1.62 bits per heavy atom. The summed E-state index contributed by atoms with van der Waals surface area (Å²) < 4.78 is 0. The molecule has 144 valence electrons. The van der Waals surface area contributed by atoms with Gasteiger partial charge in [0, 0.05) is 12.1 Å². The van der Waals surface area contributed by atoms with Gasteiger partial charge in [-0.25, -0.2) is 4.79 Å². The van der Waals surface area contributed by atoms with Gasteiger partial charge in [0.25, 0.3) is 5.69 Å². The van der Waals surface area contributed by atoms with Crippen LogP contribution in [0.25, 0.3) is 17.2 Å². The molecule has 0 radical (unpaired) electrons. The third kappa shape index (κ3) is 4.72. The second kappa shape index (κ2) is 8.62. The van der Waals surface area contributed by atoms with E-state index in [1.54, 1.807) is 24.3 Å². The molecule has 7 heteroatoms. The number of nitrogens with zero attached hydrogens (tertiary/aromatic N) is 1. The fraction of sp³-hybridized carbons (Fsp3) is 0. The van der Waals surface area contributed by atoms with E-state index in [0.717, 1.165) is 11.6 Å². The number of nitro benzene ring substituents is 1. The number of carboxylic acids is 1. The number of anilines is 1. The molecule has 0 heterocycles. The van der Waals surface area contributed by atoms with Crippen molar-refractivity contribution in [1.82, 2.24) is 0 Å². The lowest BCUT2D eigenvalue weighted by Crippen LogP contribution is -2.11. The number of amides is 1. The van der Waals surface area contributed by atoms with Gasteiger partial charge < -0.3 is 10.4 Å². The van der Waals surface area contributed by atoms with Gasteiger partial charge in [-0.05, 0) is 35.4 Å². The SMILES string of the molecule is O=C(/C=C/c1ccc(-c2ccccc2)cc1[N+](=O)[O-])Nc1ccccc1C(=O)O. The number of rotatable bonds is 6. The summed E-state index contributed by atoms with van der Waals surface area (Å²) in [5, 5.41) is 23.1. The van der Waals surface area contributed by atoms with Crippen LogP contribution in [0.4, 0.5) is 11.4 Å². The van der Waals surface area contributed by atoms with Crippen LogP contribution in [0.5, 0.6) is 0 Å². The number of nitro groups is 1. The molecule has 3 aromatic carbocycles. The number of para-hydroxylation sites is 1. The normalized spacial score (nSPS) is 10.6. The standard InChI is InChI=1S/C22H16N2O5/c25-21(23-19-9-5-4-8-18(19)22(26)27)13-12-16-10-11-17(14-20(16)24(28)29)15-6-2-1-3-7-15/h1-14H,(H,23,25)(H,26,27)/b13-12+. The first kappa shape index (κ1) is 19.5. The summed E-state index contributed by atoms with van der Waals surface area (Å²) in [4.78, 5) is 34.3. The van der Waals surface area contributed by atoms with E-state index in [0.29, 0.717) is 5.56 Å². The molecule has 0 aromatic heterocycles. The quantitative estimate of drug-likeness (QED) is 0.364. The van der Waals surface area contributed by atoms with Crippen molar-refractivity contribution in [3.8, 4) is 11.1 Å². The molecule has 3 aromatic rings. The highest BCUT2D eigenvalue weighted by Crippen LogP contribution is 2.28. The predicted molar refractivity (Wildman–Crippen MR) is 110 cm³/mol. The lowest BCUT2D eigenvalue weighted by molar-refractivity contribution is -0.385. The van der Waals surface area contributed by atoms with Gasteiger partial charge in [0.1, 0.15) is 0 Å². The third-order valence-corrected chi connectivity index (χ3v) is 4.16. The molecule has 0 aliphatic carbocycles. The Morgan fingerprint density at radius 1 is 0.931 bits per heavy atom. The van der Waals surface area contributed by atoms with Crippen LogP contribution in [0, 0.1) is 10.1 Å². The van der Waals surface area contributed by atoms with E-state index in [2.05, 4.69) is 5.32 Å². The fourth-order valence-corrected chi connectivity index (χ4v) is 2.77. The molecule has 0 saturated heterocycles. The molecule has 29 heavy (non-hydrogen) atoms. The molecule has 0 aliphatic heterocycles. The first-order chi connectivity index (χ1) is 14.0. The largest absolute Gasteiger partial charge is 0.478 e. The molecule has 0 unspecified atom stereocenters. The molecule has 0 spiro atoms. The molecular formula is C22H16N2O5. The van der Waals surface area contributed by atoms with Crippen molar-refractivity contribution in [3.63, 3.8) is 0 Å². The van der Waals surface area contributed by atoms with Crippen molar-refractivity contribution in [3.05, 3.63) is 100 Å². The van der Waals surface area contributed by atoms with Crippen LogP contribution in [0.3, 0.4) is 0 Å². The number of hydrogen-bond acceptors (Lipinski definition) is 4. The molecule has 0 bridgehead atoms. The van der Waals surface area contributed by atoms with Gasteiger partial charge in [0.05, 0.1) is 21.7 Å². The summed E-state index contributed by atoms with van der Waals surface area (Å²) in [6.45, 7) is 0. The van der Waals surface area contributed by atoms with E-state index >= 15 is 0 Å². The Hall–Kier alpha value is -4.26. The lowest BCUT2D eigenvalue weighted by atomic mass is 10.0. The highest BCUT2D eigenvalue weighted by Gasteiger charge is 2.14. The summed E-state index contributed by atoms with van der Waals surface area (Å²) in [6.07, 6.45) is 2.45. The predicted octanol–water partition coefficient (Wildman–Crippen LogP) is 4.61. The van der Waals surface area contributed by atoms with Crippen LogP contribution in [-0.4, -0.2) is 21.9 Å².